The maximum atomic E-state index is 13.7. The zero-order valence-electron chi connectivity index (χ0n) is 32.4. The van der Waals surface area contributed by atoms with E-state index in [1.54, 1.807) is 14.0 Å². The van der Waals surface area contributed by atoms with Crippen molar-refractivity contribution in [3.05, 3.63) is 69.6 Å². The van der Waals surface area contributed by atoms with Crippen LogP contribution in [0, 0.1) is 17.3 Å². The number of fused-ring (bicyclic) bond motifs is 6. The van der Waals surface area contributed by atoms with Crippen molar-refractivity contribution in [2.24, 2.45) is 22.2 Å². The van der Waals surface area contributed by atoms with E-state index in [-0.39, 0.29) is 30.6 Å². The zero-order valence-corrected chi connectivity index (χ0v) is 32.4. The number of hydrogen-bond acceptors (Lipinski definition) is 11. The first-order valence-corrected chi connectivity index (χ1v) is 18.7. The number of nitrogens with zero attached hydrogens (tertiary/aromatic N) is 1. The lowest BCUT2D eigenvalue weighted by Gasteiger charge is -2.27. The fourth-order valence-electron chi connectivity index (χ4n) is 7.15. The number of methoxy groups -OCH3 is 1. The molecule has 0 amide bonds. The van der Waals surface area contributed by atoms with E-state index >= 15 is 0 Å². The number of aromatic nitrogens is 1. The average Bonchev–Trinajstić information content (AvgIpc) is 3.89. The summed E-state index contributed by atoms with van der Waals surface area (Å²) in [5.41, 5.74) is 4.28. The van der Waals surface area contributed by atoms with Crippen molar-refractivity contribution in [3.63, 3.8) is 0 Å². The lowest BCUT2D eigenvalue weighted by atomic mass is 9.83. The van der Waals surface area contributed by atoms with E-state index < -0.39 is 54.3 Å². The third-order valence-electron chi connectivity index (χ3n) is 10.3. The third kappa shape index (κ3) is 9.39. The van der Waals surface area contributed by atoms with E-state index in [0.717, 1.165) is 42.2 Å². The molecule has 12 heteroatoms. The van der Waals surface area contributed by atoms with Crippen LogP contribution in [0.25, 0.3) is 0 Å². The smallest absolute Gasteiger partial charge is 0.334 e. The van der Waals surface area contributed by atoms with Gasteiger partial charge in [-0.1, -0.05) is 39.3 Å². The minimum Gasteiger partial charge on any atom is -0.467 e. The van der Waals surface area contributed by atoms with Crippen molar-refractivity contribution >= 4 is 23.8 Å². The highest BCUT2D eigenvalue weighted by molar-refractivity contribution is 5.97. The second kappa shape index (κ2) is 17.4. The minimum atomic E-state index is -1.49. The van der Waals surface area contributed by atoms with Gasteiger partial charge in [-0.25, -0.2) is 14.6 Å². The summed E-state index contributed by atoms with van der Waals surface area (Å²) in [6.07, 6.45) is 5.63. The highest BCUT2D eigenvalue weighted by Crippen LogP contribution is 2.40. The molecule has 12 nitrogen and oxygen atoms in total. The van der Waals surface area contributed by atoms with Crippen LogP contribution < -0.4 is 0 Å². The fourth-order valence-corrected chi connectivity index (χ4v) is 7.15. The van der Waals surface area contributed by atoms with Gasteiger partial charge >= 0.3 is 17.9 Å². The van der Waals surface area contributed by atoms with Gasteiger partial charge in [-0.2, -0.15) is 0 Å². The molecule has 0 unspecified atom stereocenters. The molecule has 290 valence electrons. The average molecular weight is 737 g/mol. The van der Waals surface area contributed by atoms with Crippen LogP contribution in [-0.4, -0.2) is 97.9 Å². The number of nitrogens with one attached hydrogen (secondary N) is 1. The Bertz CT molecular complexity index is 1680. The summed E-state index contributed by atoms with van der Waals surface area (Å²) in [6, 6.07) is 3.32. The molecule has 0 aliphatic carbocycles. The van der Waals surface area contributed by atoms with Gasteiger partial charge in [0.2, 0.25) is 5.90 Å². The molecule has 6 atom stereocenters. The Kier molecular flexibility index (Phi) is 13.2. The van der Waals surface area contributed by atoms with Crippen molar-refractivity contribution in [2.75, 3.05) is 33.5 Å². The molecular weight excluding hydrogens is 680 g/mol. The SMILES string of the molecule is COCCCC(C)=C1CO[C@@H](CC(C)C)/C1=C\[C@H]1N=C2O[C@@H]1COC(=O)/C(CC(C)C)=C/C(=O)O[C@H]1[C@@H](OC(=O)[C@@]1(C)CO)/C(C)=C/Cc1ccc2[nH]1. The molecule has 5 heterocycles. The van der Waals surface area contributed by atoms with Crippen molar-refractivity contribution in [2.45, 2.75) is 111 Å². The van der Waals surface area contributed by atoms with Gasteiger partial charge in [0.1, 0.15) is 23.8 Å². The van der Waals surface area contributed by atoms with Crippen LogP contribution in [0.15, 0.2) is 63.2 Å². The summed E-state index contributed by atoms with van der Waals surface area (Å²) in [6.45, 7) is 14.1. The number of ether oxygens (including phenoxy) is 6. The number of aliphatic hydroxyl groups is 1. The summed E-state index contributed by atoms with van der Waals surface area (Å²) in [5, 5.41) is 10.2. The zero-order chi connectivity index (χ0) is 38.4. The van der Waals surface area contributed by atoms with Gasteiger partial charge in [0.15, 0.2) is 18.3 Å². The number of aliphatic imine (C=N–C) groups is 1. The number of rotatable bonds is 10. The Hall–Kier alpha value is -4.00. The van der Waals surface area contributed by atoms with Crippen LogP contribution in [0.3, 0.4) is 0 Å². The summed E-state index contributed by atoms with van der Waals surface area (Å²) >= 11 is 0. The second-order valence-corrected chi connectivity index (χ2v) is 15.7. The van der Waals surface area contributed by atoms with Crippen LogP contribution >= 0.6 is 0 Å². The molecule has 0 spiro atoms. The number of H-pyrrole nitrogens is 1. The number of cyclic esters (lactones) is 1. The molecule has 0 saturated carbocycles. The first-order chi connectivity index (χ1) is 25.2. The van der Waals surface area contributed by atoms with Crippen LogP contribution in [-0.2, 0) is 49.2 Å². The summed E-state index contributed by atoms with van der Waals surface area (Å²) in [7, 11) is 1.71. The maximum Gasteiger partial charge on any atom is 0.334 e. The molecule has 5 rings (SSSR count). The molecule has 4 bridgehead atoms. The lowest BCUT2D eigenvalue weighted by Crippen LogP contribution is -2.43. The van der Waals surface area contributed by atoms with E-state index in [1.807, 2.05) is 32.1 Å². The predicted octanol–water partition coefficient (Wildman–Crippen LogP) is 5.50. The number of esters is 3. The van der Waals surface area contributed by atoms with E-state index in [9.17, 15) is 19.5 Å². The molecule has 2 N–H and O–H groups in total. The van der Waals surface area contributed by atoms with Gasteiger partial charge in [0.05, 0.1) is 19.3 Å². The molecule has 2 saturated heterocycles. The molecule has 0 aromatic carbocycles. The molecule has 0 radical (unpaired) electrons. The monoisotopic (exact) mass is 736 g/mol. The molecular formula is C41H56N2O10. The van der Waals surface area contributed by atoms with E-state index in [1.165, 1.54) is 12.5 Å². The van der Waals surface area contributed by atoms with Gasteiger partial charge in [0, 0.05) is 37.5 Å². The number of aromatic amines is 1. The quantitative estimate of drug-likeness (QED) is 0.136. The second-order valence-electron chi connectivity index (χ2n) is 15.7. The normalized spacial score (nSPS) is 31.8. The van der Waals surface area contributed by atoms with Crippen molar-refractivity contribution in [3.8, 4) is 0 Å². The largest absolute Gasteiger partial charge is 0.467 e. The number of carbonyl (C=O) groups is 3. The number of carbonyl (C=O) groups excluding carboxylic acids is 3. The fraction of sp³-hybridized carbons (Fsp3) is 0.610. The van der Waals surface area contributed by atoms with E-state index in [4.69, 9.17) is 33.4 Å². The first kappa shape index (κ1) is 40.2. The summed E-state index contributed by atoms with van der Waals surface area (Å²) in [4.78, 5) is 48.5. The Balaban J connectivity index is 1.54. The molecule has 1 aromatic heterocycles. The third-order valence-corrected chi connectivity index (χ3v) is 10.3. The predicted molar refractivity (Wildman–Crippen MR) is 198 cm³/mol. The number of hydrogen-bond donors (Lipinski definition) is 2. The van der Waals surface area contributed by atoms with Gasteiger partial charge in [-0.15, -0.1) is 0 Å². The van der Waals surface area contributed by atoms with Crippen LogP contribution in [0.1, 0.15) is 85.5 Å². The molecule has 2 fully saturated rings. The topological polar surface area (TPSA) is 155 Å². The standard InChI is InChI=1S/C41H56N2O10/c1-23(2)16-27-18-35(45)52-37-36(53-40(47)41(37,7)22-44)26(6)11-12-28-13-14-31(42-28)38-43-32(34(51-38)21-50-39(27)46)19-29-30(25(5)10-9-15-48-8)20-49-33(29)17-24(3)4/h11,13-14,18-19,23-24,32-34,36-37,42,44H,9-10,12,15-17,20-22H2,1-8H3/b26-11+,27-18+,29-19-,30-25?/t32-,33+,34-,36+,37+,41+/m1/s1. The maximum absolute atomic E-state index is 13.7. The highest BCUT2D eigenvalue weighted by atomic mass is 16.6. The highest BCUT2D eigenvalue weighted by Gasteiger charge is 2.57. The Morgan fingerprint density at radius 3 is 2.60 bits per heavy atom. The van der Waals surface area contributed by atoms with Gasteiger partial charge in [-0.3, -0.25) is 4.79 Å². The minimum absolute atomic E-state index is 0.00583. The Morgan fingerprint density at radius 1 is 1.13 bits per heavy atom. The molecule has 4 aliphatic rings. The van der Waals surface area contributed by atoms with Crippen molar-refractivity contribution < 1.29 is 47.9 Å². The molecule has 4 aliphatic heterocycles. The Morgan fingerprint density at radius 2 is 1.91 bits per heavy atom. The van der Waals surface area contributed by atoms with Crippen molar-refractivity contribution in [1.29, 1.82) is 0 Å². The van der Waals surface area contributed by atoms with Gasteiger partial charge in [-0.05, 0) is 93.2 Å². The van der Waals surface area contributed by atoms with E-state index in [2.05, 4.69) is 31.8 Å². The van der Waals surface area contributed by atoms with Gasteiger partial charge in [0.25, 0.3) is 0 Å². The van der Waals surface area contributed by atoms with Crippen LogP contribution in [0.5, 0.6) is 0 Å². The van der Waals surface area contributed by atoms with E-state index in [0.29, 0.717) is 42.7 Å². The van der Waals surface area contributed by atoms with Crippen LogP contribution in [0.2, 0.25) is 0 Å². The summed E-state index contributed by atoms with van der Waals surface area (Å²) < 4.78 is 35.5. The lowest BCUT2D eigenvalue weighted by molar-refractivity contribution is -0.153. The van der Waals surface area contributed by atoms with Gasteiger partial charge < -0.3 is 38.5 Å². The molecule has 53 heavy (non-hydrogen) atoms. The molecule has 1 aromatic rings. The first-order valence-electron chi connectivity index (χ1n) is 18.7. The Labute approximate surface area is 312 Å². The van der Waals surface area contributed by atoms with Crippen molar-refractivity contribution in [1.82, 2.24) is 4.98 Å². The number of aliphatic hydroxyl groups excluding tert-OH is 1. The van der Waals surface area contributed by atoms with Crippen LogP contribution in [0.4, 0.5) is 0 Å². The summed E-state index contributed by atoms with van der Waals surface area (Å²) in [5.74, 6) is -1.39. The number of allylic oxidation sites excluding steroid dienone is 2.